The average Bonchev–Trinajstić information content (AvgIpc) is 2.84. The van der Waals surface area contributed by atoms with E-state index < -0.39 is 0 Å². The van der Waals surface area contributed by atoms with Crippen LogP contribution in [0.2, 0.25) is 0 Å². The molecule has 2 amide bonds. The van der Waals surface area contributed by atoms with Crippen LogP contribution in [-0.2, 0) is 11.3 Å². The van der Waals surface area contributed by atoms with Crippen LogP contribution >= 0.6 is 0 Å². The van der Waals surface area contributed by atoms with Crippen molar-refractivity contribution in [3.05, 3.63) is 71.5 Å². The molecule has 0 aliphatic carbocycles. The molecule has 0 spiro atoms. The Labute approximate surface area is 189 Å². The van der Waals surface area contributed by atoms with Crippen molar-refractivity contribution in [2.24, 2.45) is 5.92 Å². The van der Waals surface area contributed by atoms with E-state index in [1.54, 1.807) is 12.1 Å². The maximum absolute atomic E-state index is 13.4. The van der Waals surface area contributed by atoms with Gasteiger partial charge in [0, 0.05) is 44.2 Å². The summed E-state index contributed by atoms with van der Waals surface area (Å²) < 4.78 is 13.4. The van der Waals surface area contributed by atoms with Gasteiger partial charge in [0.25, 0.3) is 5.91 Å². The molecule has 4 rings (SSSR count). The quantitative estimate of drug-likeness (QED) is 0.715. The Hall–Kier alpha value is -2.73. The summed E-state index contributed by atoms with van der Waals surface area (Å²) in [7, 11) is 1.90. The number of rotatable bonds is 5. The molecule has 0 N–H and O–H groups in total. The molecular formula is C26H32FN3O2. The molecule has 5 nitrogen and oxygen atoms in total. The Morgan fingerprint density at radius 3 is 2.28 bits per heavy atom. The number of halogens is 1. The summed E-state index contributed by atoms with van der Waals surface area (Å²) in [5.74, 6) is -0.134. The lowest BCUT2D eigenvalue weighted by Gasteiger charge is -2.42. The molecule has 0 bridgehead atoms. The van der Waals surface area contributed by atoms with Gasteiger partial charge in [-0.15, -0.1) is 0 Å². The van der Waals surface area contributed by atoms with Gasteiger partial charge < -0.3 is 14.7 Å². The fraction of sp³-hybridized carbons (Fsp3) is 0.462. The zero-order valence-electron chi connectivity index (χ0n) is 18.8. The van der Waals surface area contributed by atoms with Crippen LogP contribution in [0.5, 0.6) is 0 Å². The van der Waals surface area contributed by atoms with Crippen molar-refractivity contribution in [1.29, 1.82) is 0 Å². The molecule has 0 aromatic heterocycles. The Bertz CT molecular complexity index is 920. The summed E-state index contributed by atoms with van der Waals surface area (Å²) in [6.07, 6.45) is 3.63. The van der Waals surface area contributed by atoms with E-state index in [0.29, 0.717) is 31.2 Å². The van der Waals surface area contributed by atoms with Gasteiger partial charge in [0.05, 0.1) is 0 Å². The van der Waals surface area contributed by atoms with Gasteiger partial charge in [-0.3, -0.25) is 9.59 Å². The lowest BCUT2D eigenvalue weighted by molar-refractivity contribution is -0.136. The van der Waals surface area contributed by atoms with Crippen LogP contribution in [0.4, 0.5) is 4.39 Å². The van der Waals surface area contributed by atoms with Gasteiger partial charge >= 0.3 is 0 Å². The fourth-order valence-corrected chi connectivity index (χ4v) is 5.00. The molecular weight excluding hydrogens is 405 g/mol. The summed E-state index contributed by atoms with van der Waals surface area (Å²) in [5, 5.41) is 0. The molecule has 2 fully saturated rings. The van der Waals surface area contributed by atoms with E-state index in [4.69, 9.17) is 0 Å². The number of hydrogen-bond acceptors (Lipinski definition) is 3. The Balaban J connectivity index is 1.23. The maximum atomic E-state index is 13.4. The summed E-state index contributed by atoms with van der Waals surface area (Å²) in [6.45, 7) is 3.89. The number of benzene rings is 2. The predicted molar refractivity (Wildman–Crippen MR) is 123 cm³/mol. The SMILES string of the molecule is CN(Cc1ccccc1)C(=O)C1CCN(C2CCN(C(=O)c3cccc(F)c3)CC2)CC1. The number of hydrogen-bond donors (Lipinski definition) is 0. The lowest BCUT2D eigenvalue weighted by atomic mass is 9.92. The van der Waals surface area contributed by atoms with E-state index in [2.05, 4.69) is 17.0 Å². The summed E-state index contributed by atoms with van der Waals surface area (Å²) >= 11 is 0. The van der Waals surface area contributed by atoms with Crippen LogP contribution in [0, 0.1) is 11.7 Å². The second-order valence-electron chi connectivity index (χ2n) is 9.02. The standard InChI is InChI=1S/C26H32FN3O2/c1-28(19-20-6-3-2-4-7-20)25(31)21-10-14-29(15-11-21)24-12-16-30(17-13-24)26(32)22-8-5-9-23(27)18-22/h2-9,18,21,24H,10-17,19H2,1H3. The second kappa shape index (κ2) is 10.3. The third-order valence-electron chi connectivity index (χ3n) is 6.86. The zero-order valence-corrected chi connectivity index (χ0v) is 18.8. The molecule has 0 unspecified atom stereocenters. The molecule has 2 saturated heterocycles. The van der Waals surface area contributed by atoms with Gasteiger partial charge in [0.2, 0.25) is 5.91 Å². The molecule has 2 heterocycles. The minimum Gasteiger partial charge on any atom is -0.341 e. The molecule has 2 aromatic carbocycles. The summed E-state index contributed by atoms with van der Waals surface area (Å²) in [5.41, 5.74) is 1.57. The first-order valence-electron chi connectivity index (χ1n) is 11.6. The van der Waals surface area contributed by atoms with E-state index in [1.807, 2.05) is 35.0 Å². The monoisotopic (exact) mass is 437 g/mol. The Morgan fingerprint density at radius 1 is 0.938 bits per heavy atom. The fourth-order valence-electron chi connectivity index (χ4n) is 5.00. The zero-order chi connectivity index (χ0) is 22.5. The predicted octanol–water partition coefficient (Wildman–Crippen LogP) is 3.80. The number of carbonyl (C=O) groups excluding carboxylic acids is 2. The van der Waals surface area contributed by atoms with Crippen LogP contribution in [0.25, 0.3) is 0 Å². The van der Waals surface area contributed by atoms with Gasteiger partial charge in [0.1, 0.15) is 5.82 Å². The first-order chi connectivity index (χ1) is 15.5. The molecule has 0 radical (unpaired) electrons. The van der Waals surface area contributed by atoms with E-state index in [9.17, 15) is 14.0 Å². The normalized spacial score (nSPS) is 18.5. The van der Waals surface area contributed by atoms with Crippen molar-refractivity contribution in [2.75, 3.05) is 33.2 Å². The third-order valence-corrected chi connectivity index (χ3v) is 6.86. The Morgan fingerprint density at radius 2 is 1.62 bits per heavy atom. The van der Waals surface area contributed by atoms with Crippen LogP contribution in [-0.4, -0.2) is 65.8 Å². The number of nitrogens with zero attached hydrogens (tertiary/aromatic N) is 3. The van der Waals surface area contributed by atoms with Crippen molar-refractivity contribution < 1.29 is 14.0 Å². The molecule has 170 valence electrons. The smallest absolute Gasteiger partial charge is 0.253 e. The molecule has 6 heteroatoms. The van der Waals surface area contributed by atoms with Crippen LogP contribution in [0.1, 0.15) is 41.6 Å². The van der Waals surface area contributed by atoms with Gasteiger partial charge in [-0.25, -0.2) is 4.39 Å². The van der Waals surface area contributed by atoms with Gasteiger partial charge in [-0.1, -0.05) is 36.4 Å². The Kier molecular flexibility index (Phi) is 7.20. The minimum absolute atomic E-state index is 0.0892. The molecule has 2 aromatic rings. The third kappa shape index (κ3) is 5.36. The topological polar surface area (TPSA) is 43.9 Å². The molecule has 0 saturated carbocycles. The van der Waals surface area contributed by atoms with Gasteiger partial charge in [0.15, 0.2) is 0 Å². The molecule has 32 heavy (non-hydrogen) atoms. The number of piperidine rings is 2. The maximum Gasteiger partial charge on any atom is 0.253 e. The highest BCUT2D eigenvalue weighted by Crippen LogP contribution is 2.26. The highest BCUT2D eigenvalue weighted by molar-refractivity contribution is 5.94. The van der Waals surface area contributed by atoms with Crippen molar-refractivity contribution in [2.45, 2.75) is 38.3 Å². The minimum atomic E-state index is -0.377. The first-order valence-corrected chi connectivity index (χ1v) is 11.6. The van der Waals surface area contributed by atoms with Crippen LogP contribution in [0.15, 0.2) is 54.6 Å². The number of carbonyl (C=O) groups is 2. The highest BCUT2D eigenvalue weighted by atomic mass is 19.1. The van der Waals surface area contributed by atoms with E-state index in [0.717, 1.165) is 44.3 Å². The van der Waals surface area contributed by atoms with Gasteiger partial charge in [-0.2, -0.15) is 0 Å². The molecule has 2 aliphatic rings. The average molecular weight is 438 g/mol. The van der Waals surface area contributed by atoms with Gasteiger partial charge in [-0.05, 0) is 62.5 Å². The van der Waals surface area contributed by atoms with Crippen molar-refractivity contribution >= 4 is 11.8 Å². The largest absolute Gasteiger partial charge is 0.341 e. The molecule has 2 aliphatic heterocycles. The lowest BCUT2D eigenvalue weighted by Crippen LogP contribution is -2.50. The van der Waals surface area contributed by atoms with Crippen molar-refractivity contribution in [3.63, 3.8) is 0 Å². The van der Waals surface area contributed by atoms with Crippen molar-refractivity contribution in [1.82, 2.24) is 14.7 Å². The van der Waals surface area contributed by atoms with Crippen LogP contribution < -0.4 is 0 Å². The summed E-state index contributed by atoms with van der Waals surface area (Å²) in [6, 6.07) is 16.5. The van der Waals surface area contributed by atoms with Crippen LogP contribution in [0.3, 0.4) is 0 Å². The van der Waals surface area contributed by atoms with Crippen molar-refractivity contribution in [3.8, 4) is 0 Å². The van der Waals surface area contributed by atoms with E-state index >= 15 is 0 Å². The molecule has 0 atom stereocenters. The van der Waals surface area contributed by atoms with E-state index in [1.165, 1.54) is 12.1 Å². The number of amides is 2. The van der Waals surface area contributed by atoms with E-state index in [-0.39, 0.29) is 23.5 Å². The number of likely N-dealkylation sites (tertiary alicyclic amines) is 2. The first kappa shape index (κ1) is 22.5. The second-order valence-corrected chi connectivity index (χ2v) is 9.02. The summed E-state index contributed by atoms with van der Waals surface area (Å²) in [4.78, 5) is 31.7. The highest BCUT2D eigenvalue weighted by Gasteiger charge is 2.32.